The van der Waals surface area contributed by atoms with Gasteiger partial charge in [0, 0.05) is 11.3 Å². The molecule has 3 rings (SSSR count). The number of hydrogen-bond acceptors (Lipinski definition) is 4. The van der Waals surface area contributed by atoms with Crippen LogP contribution in [0.4, 0.5) is 5.69 Å². The van der Waals surface area contributed by atoms with Gasteiger partial charge in [-0.1, -0.05) is 25.0 Å². The van der Waals surface area contributed by atoms with E-state index in [1.54, 1.807) is 43.3 Å². The van der Waals surface area contributed by atoms with Crippen molar-refractivity contribution in [3.8, 4) is 0 Å². The largest absolute Gasteiger partial charge is 0.325 e. The van der Waals surface area contributed by atoms with Crippen LogP contribution >= 0.6 is 0 Å². The van der Waals surface area contributed by atoms with Gasteiger partial charge in [0.1, 0.15) is 0 Å². The van der Waals surface area contributed by atoms with E-state index in [4.69, 9.17) is 0 Å². The number of Topliss-reactive ketones (excluding diaryl/α,β-unsaturated/α-hetero) is 1. The van der Waals surface area contributed by atoms with E-state index in [1.165, 1.54) is 6.92 Å². The summed E-state index contributed by atoms with van der Waals surface area (Å²) >= 11 is 0. The number of sulfone groups is 1. The number of ketones is 1. The Morgan fingerprint density at radius 1 is 0.964 bits per heavy atom. The third-order valence-corrected chi connectivity index (χ3v) is 8.16. The number of amides is 1. The summed E-state index contributed by atoms with van der Waals surface area (Å²) in [6.07, 6.45) is 2.00. The SMILES string of the molecule is CC(=O)c1ccc(NC(=O)C2(S(=O)(=O)c3cc(C)ccc3C)CCCC2)cc1. The first-order valence-corrected chi connectivity index (χ1v) is 10.9. The molecule has 1 saturated carbocycles. The Morgan fingerprint density at radius 3 is 2.14 bits per heavy atom. The van der Waals surface area contributed by atoms with Crippen molar-refractivity contribution in [1.29, 1.82) is 0 Å². The summed E-state index contributed by atoms with van der Waals surface area (Å²) in [6.45, 7) is 5.07. The highest BCUT2D eigenvalue weighted by molar-refractivity contribution is 7.93. The van der Waals surface area contributed by atoms with Gasteiger partial charge in [0.25, 0.3) is 0 Å². The first kappa shape index (κ1) is 20.3. The molecule has 1 amide bonds. The Bertz CT molecular complexity index is 1020. The number of rotatable bonds is 5. The predicted octanol–water partition coefficient (Wildman–Crippen LogP) is 4.23. The monoisotopic (exact) mass is 399 g/mol. The first-order chi connectivity index (χ1) is 13.2. The molecule has 2 aromatic carbocycles. The Hall–Kier alpha value is -2.47. The van der Waals surface area contributed by atoms with Gasteiger partial charge in [-0.15, -0.1) is 0 Å². The van der Waals surface area contributed by atoms with E-state index in [2.05, 4.69) is 5.32 Å². The van der Waals surface area contributed by atoms with Crippen molar-refractivity contribution in [2.45, 2.75) is 56.1 Å². The molecular weight excluding hydrogens is 374 g/mol. The molecule has 0 spiro atoms. The molecule has 0 heterocycles. The Labute approximate surface area is 166 Å². The van der Waals surface area contributed by atoms with Gasteiger partial charge in [-0.05, 0) is 75.1 Å². The van der Waals surface area contributed by atoms with E-state index < -0.39 is 20.5 Å². The second kappa shape index (κ2) is 7.51. The molecule has 0 unspecified atom stereocenters. The fraction of sp³-hybridized carbons (Fsp3) is 0.364. The Balaban J connectivity index is 1.98. The maximum absolute atomic E-state index is 13.6. The van der Waals surface area contributed by atoms with Crippen molar-refractivity contribution in [3.05, 3.63) is 59.2 Å². The molecule has 0 aromatic heterocycles. The van der Waals surface area contributed by atoms with Gasteiger partial charge in [0.2, 0.25) is 5.91 Å². The van der Waals surface area contributed by atoms with Crippen molar-refractivity contribution in [3.63, 3.8) is 0 Å². The highest BCUT2D eigenvalue weighted by atomic mass is 32.2. The number of benzene rings is 2. The highest BCUT2D eigenvalue weighted by Crippen LogP contribution is 2.42. The molecule has 6 heteroatoms. The molecule has 2 aromatic rings. The Kier molecular flexibility index (Phi) is 5.44. The standard InChI is InChI=1S/C22H25NO4S/c1-15-6-7-16(2)20(14-15)28(26,27)22(12-4-5-13-22)21(25)23-19-10-8-18(9-11-19)17(3)24/h6-11,14H,4-5,12-13H2,1-3H3,(H,23,25). The number of aryl methyl sites for hydroxylation is 2. The molecule has 0 atom stereocenters. The fourth-order valence-corrected chi connectivity index (χ4v) is 6.18. The van der Waals surface area contributed by atoms with Crippen LogP contribution in [0.25, 0.3) is 0 Å². The fourth-order valence-electron chi connectivity index (χ4n) is 3.80. The van der Waals surface area contributed by atoms with Crippen LogP contribution in [0.3, 0.4) is 0 Å². The molecule has 0 bridgehead atoms. The lowest BCUT2D eigenvalue weighted by Gasteiger charge is -2.28. The van der Waals surface area contributed by atoms with Gasteiger partial charge >= 0.3 is 0 Å². The number of hydrogen-bond donors (Lipinski definition) is 1. The zero-order valence-electron chi connectivity index (χ0n) is 16.4. The third kappa shape index (κ3) is 3.49. The van der Waals surface area contributed by atoms with Gasteiger partial charge in [-0.2, -0.15) is 0 Å². The lowest BCUT2D eigenvalue weighted by molar-refractivity contribution is -0.118. The minimum atomic E-state index is -3.86. The van der Waals surface area contributed by atoms with Gasteiger partial charge in [0.15, 0.2) is 20.4 Å². The van der Waals surface area contributed by atoms with E-state index in [9.17, 15) is 18.0 Å². The van der Waals surface area contributed by atoms with Crippen LogP contribution in [-0.2, 0) is 14.6 Å². The van der Waals surface area contributed by atoms with Gasteiger partial charge < -0.3 is 5.32 Å². The van der Waals surface area contributed by atoms with E-state index in [-0.39, 0.29) is 10.7 Å². The molecule has 0 saturated heterocycles. The molecule has 28 heavy (non-hydrogen) atoms. The minimum Gasteiger partial charge on any atom is -0.325 e. The number of carbonyl (C=O) groups excluding carboxylic acids is 2. The topological polar surface area (TPSA) is 80.3 Å². The zero-order valence-corrected chi connectivity index (χ0v) is 17.2. The summed E-state index contributed by atoms with van der Waals surface area (Å²) in [5, 5.41) is 2.77. The van der Waals surface area contributed by atoms with Crippen molar-refractivity contribution >= 4 is 27.2 Å². The van der Waals surface area contributed by atoms with Crippen LogP contribution < -0.4 is 5.32 Å². The summed E-state index contributed by atoms with van der Waals surface area (Å²) < 4.78 is 25.7. The predicted molar refractivity (Wildman–Crippen MR) is 109 cm³/mol. The average Bonchev–Trinajstić information content (AvgIpc) is 3.16. The number of nitrogens with one attached hydrogen (secondary N) is 1. The maximum Gasteiger partial charge on any atom is 0.246 e. The van der Waals surface area contributed by atoms with E-state index in [1.807, 2.05) is 13.0 Å². The van der Waals surface area contributed by atoms with Gasteiger partial charge in [-0.25, -0.2) is 8.42 Å². The zero-order chi connectivity index (χ0) is 20.5. The molecular formula is C22H25NO4S. The molecule has 0 aliphatic heterocycles. The van der Waals surface area contributed by atoms with Gasteiger partial charge in [-0.3, -0.25) is 9.59 Å². The molecule has 1 aliphatic rings. The normalized spacial score (nSPS) is 16.0. The molecule has 5 nitrogen and oxygen atoms in total. The second-order valence-electron chi connectivity index (χ2n) is 7.56. The summed E-state index contributed by atoms with van der Waals surface area (Å²) in [5.41, 5.74) is 2.52. The smallest absolute Gasteiger partial charge is 0.246 e. The van der Waals surface area contributed by atoms with Crippen LogP contribution in [0.15, 0.2) is 47.4 Å². The summed E-state index contributed by atoms with van der Waals surface area (Å²) in [7, 11) is -3.86. The summed E-state index contributed by atoms with van der Waals surface area (Å²) in [6, 6.07) is 11.8. The maximum atomic E-state index is 13.6. The van der Waals surface area contributed by atoms with Crippen LogP contribution in [0.1, 0.15) is 54.1 Å². The highest BCUT2D eigenvalue weighted by Gasteiger charge is 2.53. The molecule has 148 valence electrons. The van der Waals surface area contributed by atoms with Crippen molar-refractivity contribution < 1.29 is 18.0 Å². The molecule has 1 fully saturated rings. The number of carbonyl (C=O) groups is 2. The van der Waals surface area contributed by atoms with Crippen molar-refractivity contribution in [1.82, 2.24) is 0 Å². The van der Waals surface area contributed by atoms with Crippen LogP contribution in [0.5, 0.6) is 0 Å². The lowest BCUT2D eigenvalue weighted by atomic mass is 10.1. The van der Waals surface area contributed by atoms with Crippen molar-refractivity contribution in [2.75, 3.05) is 5.32 Å². The van der Waals surface area contributed by atoms with E-state index in [0.717, 1.165) is 5.56 Å². The lowest BCUT2D eigenvalue weighted by Crippen LogP contribution is -2.47. The Morgan fingerprint density at radius 2 is 1.57 bits per heavy atom. The van der Waals surface area contributed by atoms with Crippen LogP contribution in [-0.4, -0.2) is 24.9 Å². The van der Waals surface area contributed by atoms with Crippen molar-refractivity contribution in [2.24, 2.45) is 0 Å². The first-order valence-electron chi connectivity index (χ1n) is 9.42. The molecule has 1 N–H and O–H groups in total. The molecule has 0 radical (unpaired) electrons. The number of anilines is 1. The van der Waals surface area contributed by atoms with E-state index >= 15 is 0 Å². The average molecular weight is 400 g/mol. The molecule has 1 aliphatic carbocycles. The third-order valence-electron chi connectivity index (χ3n) is 5.52. The van der Waals surface area contributed by atoms with Gasteiger partial charge in [0.05, 0.1) is 4.90 Å². The summed E-state index contributed by atoms with van der Waals surface area (Å²) in [4.78, 5) is 24.9. The van der Waals surface area contributed by atoms with Crippen LogP contribution in [0.2, 0.25) is 0 Å². The second-order valence-corrected chi connectivity index (χ2v) is 9.79. The minimum absolute atomic E-state index is 0.0670. The summed E-state index contributed by atoms with van der Waals surface area (Å²) in [5.74, 6) is -0.566. The quantitative estimate of drug-likeness (QED) is 0.763. The van der Waals surface area contributed by atoms with Crippen LogP contribution in [0, 0.1) is 13.8 Å². The van der Waals surface area contributed by atoms with E-state index in [0.29, 0.717) is 42.5 Å².